The summed E-state index contributed by atoms with van der Waals surface area (Å²) in [5.74, 6) is 0. The predicted octanol–water partition coefficient (Wildman–Crippen LogP) is 3.25. The Morgan fingerprint density at radius 2 is 2.08 bits per heavy atom. The Bertz CT molecular complexity index is 145. The first-order chi connectivity index (χ1) is 5.85. The molecule has 0 saturated heterocycles. The highest BCUT2D eigenvalue weighted by molar-refractivity contribution is 5.15. The van der Waals surface area contributed by atoms with Gasteiger partial charge in [-0.2, -0.15) is 0 Å². The van der Waals surface area contributed by atoms with Gasteiger partial charge in [-0.25, -0.2) is 0 Å². The van der Waals surface area contributed by atoms with Crippen molar-refractivity contribution in [3.05, 3.63) is 23.9 Å². The first-order valence-electron chi connectivity index (χ1n) is 4.91. The topological polar surface area (TPSA) is 12.0 Å². The molecule has 0 saturated carbocycles. The predicted molar refractivity (Wildman–Crippen MR) is 56.1 cm³/mol. The second-order valence-corrected chi connectivity index (χ2v) is 2.83. The van der Waals surface area contributed by atoms with Gasteiger partial charge in [0.25, 0.3) is 0 Å². The van der Waals surface area contributed by atoms with E-state index in [2.05, 4.69) is 44.3 Å². The smallest absolute Gasteiger partial charge is 0.0293 e. The van der Waals surface area contributed by atoms with E-state index in [9.17, 15) is 0 Å². The van der Waals surface area contributed by atoms with E-state index < -0.39 is 0 Å². The van der Waals surface area contributed by atoms with Gasteiger partial charge < -0.3 is 5.32 Å². The maximum Gasteiger partial charge on any atom is 0.0293 e. The van der Waals surface area contributed by atoms with E-state index in [1.807, 2.05) is 0 Å². The van der Waals surface area contributed by atoms with Crippen molar-refractivity contribution in [2.24, 2.45) is 0 Å². The first kappa shape index (κ1) is 11.3. The molecule has 0 aliphatic rings. The van der Waals surface area contributed by atoms with Crippen LogP contribution in [0.25, 0.3) is 0 Å². The van der Waals surface area contributed by atoms with E-state index in [0.29, 0.717) is 0 Å². The van der Waals surface area contributed by atoms with Gasteiger partial charge in [-0.3, -0.25) is 0 Å². The van der Waals surface area contributed by atoms with E-state index in [1.165, 1.54) is 18.5 Å². The molecule has 0 aliphatic heterocycles. The van der Waals surface area contributed by atoms with Gasteiger partial charge in [0, 0.05) is 12.2 Å². The molecule has 0 aliphatic carbocycles. The van der Waals surface area contributed by atoms with Gasteiger partial charge in [-0.1, -0.05) is 32.4 Å². The summed E-state index contributed by atoms with van der Waals surface area (Å²) < 4.78 is 0. The van der Waals surface area contributed by atoms with E-state index >= 15 is 0 Å². The lowest BCUT2D eigenvalue weighted by Crippen LogP contribution is -2.12. The van der Waals surface area contributed by atoms with E-state index in [4.69, 9.17) is 0 Å². The Kier molecular flexibility index (Phi) is 7.87. The zero-order valence-electron chi connectivity index (χ0n) is 8.56. The summed E-state index contributed by atoms with van der Waals surface area (Å²) in [6.07, 6.45) is 10.0. The van der Waals surface area contributed by atoms with Crippen LogP contribution in [0.15, 0.2) is 23.9 Å². The normalized spacial score (nSPS) is 12.4. The summed E-state index contributed by atoms with van der Waals surface area (Å²) in [6.45, 7) is 7.51. The van der Waals surface area contributed by atoms with Gasteiger partial charge in [0.1, 0.15) is 0 Å². The number of rotatable bonds is 6. The quantitative estimate of drug-likeness (QED) is 0.473. The molecular formula is C11H21N. The largest absolute Gasteiger partial charge is 0.385 e. The van der Waals surface area contributed by atoms with Gasteiger partial charge >= 0.3 is 0 Å². The molecule has 0 bridgehead atoms. The Morgan fingerprint density at radius 1 is 1.33 bits per heavy atom. The minimum absolute atomic E-state index is 1.09. The van der Waals surface area contributed by atoms with E-state index in [-0.39, 0.29) is 0 Å². The van der Waals surface area contributed by atoms with Gasteiger partial charge in [0.15, 0.2) is 0 Å². The van der Waals surface area contributed by atoms with Crippen LogP contribution in [0.4, 0.5) is 0 Å². The molecule has 70 valence electrons. The van der Waals surface area contributed by atoms with Crippen molar-refractivity contribution < 1.29 is 0 Å². The highest BCUT2D eigenvalue weighted by atomic mass is 14.9. The van der Waals surface area contributed by atoms with Crippen molar-refractivity contribution >= 4 is 0 Å². The monoisotopic (exact) mass is 167 g/mol. The molecule has 0 rings (SSSR count). The summed E-state index contributed by atoms with van der Waals surface area (Å²) in [7, 11) is 0. The van der Waals surface area contributed by atoms with Crippen molar-refractivity contribution in [1.29, 1.82) is 0 Å². The third-order valence-corrected chi connectivity index (χ3v) is 1.70. The molecule has 0 spiro atoms. The molecule has 1 N–H and O–H groups in total. The SMILES string of the molecule is C/C=C(\C=C/CC)NCCCC. The van der Waals surface area contributed by atoms with E-state index in [0.717, 1.165) is 13.0 Å². The lowest BCUT2D eigenvalue weighted by atomic mass is 10.3. The van der Waals surface area contributed by atoms with Crippen molar-refractivity contribution in [2.75, 3.05) is 6.54 Å². The van der Waals surface area contributed by atoms with Crippen LogP contribution in [0.1, 0.15) is 40.0 Å². The number of nitrogens with one attached hydrogen (secondary N) is 1. The molecule has 0 atom stereocenters. The average molecular weight is 167 g/mol. The zero-order valence-corrected chi connectivity index (χ0v) is 8.56. The molecule has 0 heterocycles. The average Bonchev–Trinajstić information content (AvgIpc) is 2.11. The summed E-state index contributed by atoms with van der Waals surface area (Å²) in [5, 5.41) is 3.38. The Morgan fingerprint density at radius 3 is 2.58 bits per heavy atom. The Hall–Kier alpha value is -0.720. The van der Waals surface area contributed by atoms with Crippen LogP contribution in [0.3, 0.4) is 0 Å². The maximum absolute atomic E-state index is 3.38. The third kappa shape index (κ3) is 6.02. The van der Waals surface area contributed by atoms with Crippen LogP contribution in [0.5, 0.6) is 0 Å². The second kappa shape index (κ2) is 8.38. The zero-order chi connectivity index (χ0) is 9.23. The second-order valence-electron chi connectivity index (χ2n) is 2.83. The van der Waals surface area contributed by atoms with Crippen molar-refractivity contribution in [1.82, 2.24) is 5.32 Å². The van der Waals surface area contributed by atoms with Gasteiger partial charge in [-0.15, -0.1) is 0 Å². The standard InChI is InChI=1S/C11H21N/c1-4-7-9-11(6-3)12-10-8-5-2/h6-7,9,12H,4-5,8,10H2,1-3H3/b9-7-,11-6+. The summed E-state index contributed by atoms with van der Waals surface area (Å²) in [5.41, 5.74) is 1.24. The fraction of sp³-hybridized carbons (Fsp3) is 0.636. The molecule has 1 nitrogen and oxygen atoms in total. The molecule has 0 unspecified atom stereocenters. The minimum Gasteiger partial charge on any atom is -0.385 e. The number of unbranched alkanes of at least 4 members (excludes halogenated alkanes) is 1. The molecular weight excluding hydrogens is 146 g/mol. The fourth-order valence-corrected chi connectivity index (χ4v) is 0.912. The van der Waals surface area contributed by atoms with Crippen molar-refractivity contribution in [3.63, 3.8) is 0 Å². The molecule has 0 aromatic rings. The van der Waals surface area contributed by atoms with Crippen LogP contribution in [0.2, 0.25) is 0 Å². The van der Waals surface area contributed by atoms with Gasteiger partial charge in [-0.05, 0) is 25.8 Å². The summed E-state index contributed by atoms with van der Waals surface area (Å²) >= 11 is 0. The van der Waals surface area contributed by atoms with E-state index in [1.54, 1.807) is 0 Å². The summed E-state index contributed by atoms with van der Waals surface area (Å²) in [6, 6.07) is 0. The molecule has 0 radical (unpaired) electrons. The number of hydrogen-bond acceptors (Lipinski definition) is 1. The maximum atomic E-state index is 3.38. The summed E-state index contributed by atoms with van der Waals surface area (Å²) in [4.78, 5) is 0. The van der Waals surface area contributed by atoms with Crippen molar-refractivity contribution in [2.45, 2.75) is 40.0 Å². The highest BCUT2D eigenvalue weighted by Gasteiger charge is 1.87. The number of hydrogen-bond donors (Lipinski definition) is 1. The first-order valence-corrected chi connectivity index (χ1v) is 4.91. The van der Waals surface area contributed by atoms with Gasteiger partial charge in [0.05, 0.1) is 0 Å². The minimum atomic E-state index is 1.09. The fourth-order valence-electron chi connectivity index (χ4n) is 0.912. The molecule has 0 fully saturated rings. The molecule has 1 heteroatoms. The lowest BCUT2D eigenvalue weighted by Gasteiger charge is -2.04. The van der Waals surface area contributed by atoms with Crippen LogP contribution in [-0.2, 0) is 0 Å². The van der Waals surface area contributed by atoms with Crippen LogP contribution in [-0.4, -0.2) is 6.54 Å². The van der Waals surface area contributed by atoms with Crippen LogP contribution in [0, 0.1) is 0 Å². The van der Waals surface area contributed by atoms with Crippen LogP contribution < -0.4 is 5.32 Å². The third-order valence-electron chi connectivity index (χ3n) is 1.70. The van der Waals surface area contributed by atoms with Gasteiger partial charge in [0.2, 0.25) is 0 Å². The molecule has 0 aromatic heterocycles. The molecule has 0 aromatic carbocycles. The Labute approximate surface area is 76.6 Å². The molecule has 12 heavy (non-hydrogen) atoms. The lowest BCUT2D eigenvalue weighted by molar-refractivity contribution is 0.718. The van der Waals surface area contributed by atoms with Crippen LogP contribution >= 0.6 is 0 Å². The highest BCUT2D eigenvalue weighted by Crippen LogP contribution is 1.94. The van der Waals surface area contributed by atoms with Crippen molar-refractivity contribution in [3.8, 4) is 0 Å². The Balaban J connectivity index is 3.62. The number of allylic oxidation sites excluding steroid dienone is 3. The molecule has 0 amide bonds.